The predicted octanol–water partition coefficient (Wildman–Crippen LogP) is -0.881. The molecule has 2 aromatic rings. The van der Waals surface area contributed by atoms with Crippen LogP contribution in [0.15, 0.2) is 36.4 Å². The molecule has 1 heterocycles. The van der Waals surface area contributed by atoms with E-state index >= 15 is 0 Å². The maximum Gasteiger partial charge on any atom is 0.485 e. The van der Waals surface area contributed by atoms with E-state index < -0.39 is 31.3 Å². The number of rotatable bonds is 0. The van der Waals surface area contributed by atoms with Gasteiger partial charge in [-0.05, 0) is 12.1 Å². The molecule has 21 heteroatoms. The third-order valence-electron chi connectivity index (χ3n) is 6.02. The molecular weight excluding hydrogens is 664 g/mol. The molecule has 0 aromatic heterocycles. The first kappa shape index (κ1) is 37.8. The molecular formula is C24H29F6N5O8S2. The SMILES string of the molecule is O=C1c2cccc3c2C(=O)c2c(cccc21)NCC[NH2+]CCNCC[NH2+]CCN3.O=S(=O)([O-])C(F)(F)F.O=S(=O)([O-])C(F)(F)F. The lowest BCUT2D eigenvalue weighted by molar-refractivity contribution is -0.653. The van der Waals surface area contributed by atoms with Gasteiger partial charge in [0.05, 0.1) is 50.4 Å². The molecule has 7 N–H and O–H groups in total. The van der Waals surface area contributed by atoms with Gasteiger partial charge in [-0.15, -0.1) is 0 Å². The van der Waals surface area contributed by atoms with Gasteiger partial charge in [-0.25, -0.2) is 16.8 Å². The van der Waals surface area contributed by atoms with E-state index in [-0.39, 0.29) is 11.6 Å². The van der Waals surface area contributed by atoms with Crippen LogP contribution < -0.4 is 26.6 Å². The Morgan fingerprint density at radius 2 is 0.933 bits per heavy atom. The predicted molar refractivity (Wildman–Crippen MR) is 144 cm³/mol. The summed E-state index contributed by atoms with van der Waals surface area (Å²) in [6.45, 7) is 7.28. The van der Waals surface area contributed by atoms with Crippen LogP contribution in [-0.4, -0.2) is 101 Å². The van der Waals surface area contributed by atoms with E-state index in [1.807, 2.05) is 24.3 Å². The first-order valence-corrected chi connectivity index (χ1v) is 15.8. The number of anilines is 2. The number of carbonyl (C=O) groups excluding carboxylic acids is 2. The summed E-state index contributed by atoms with van der Waals surface area (Å²) in [6, 6.07) is 11.0. The smallest absolute Gasteiger partial charge is 0.485 e. The minimum absolute atomic E-state index is 0.0829. The van der Waals surface area contributed by atoms with Crippen LogP contribution in [0.4, 0.5) is 37.7 Å². The van der Waals surface area contributed by atoms with Crippen molar-refractivity contribution in [2.75, 3.05) is 63.0 Å². The quantitative estimate of drug-likeness (QED) is 0.111. The molecule has 1 aliphatic heterocycles. The summed E-state index contributed by atoms with van der Waals surface area (Å²) in [7, 11) is -12.2. The molecule has 0 saturated heterocycles. The van der Waals surface area contributed by atoms with E-state index in [0.717, 1.165) is 63.7 Å². The standard InChI is InChI=1S/C22H27N5O2.2CHF3O3S/c28-21-15-3-1-5-17-19(15)22(29)20-16(21)4-2-6-18(20)27-14-12-25-10-8-23-7-9-24-11-13-26-17;2*2-1(3,4)8(5,6)7/h1-6,23-27H,7-14H2;2*(H,5,6,7). The Morgan fingerprint density at radius 3 is 1.27 bits per heavy atom. The minimum Gasteiger partial charge on any atom is -0.741 e. The molecule has 2 aliphatic rings. The van der Waals surface area contributed by atoms with Crippen LogP contribution in [0.25, 0.3) is 0 Å². The van der Waals surface area contributed by atoms with E-state index in [2.05, 4.69) is 26.6 Å². The molecule has 2 bridgehead atoms. The lowest BCUT2D eigenvalue weighted by Gasteiger charge is -2.23. The van der Waals surface area contributed by atoms with Crippen molar-refractivity contribution < 1.29 is 72.5 Å². The van der Waals surface area contributed by atoms with E-state index in [1.54, 1.807) is 12.1 Å². The highest BCUT2D eigenvalue weighted by atomic mass is 32.2. The summed E-state index contributed by atoms with van der Waals surface area (Å²) in [5.74, 6) is -0.167. The number of nitrogens with two attached hydrogens (primary N) is 2. The molecule has 0 saturated carbocycles. The summed E-state index contributed by atoms with van der Waals surface area (Å²) in [5, 5.41) is 14.7. The second-order valence-electron chi connectivity index (χ2n) is 9.25. The molecule has 0 spiro atoms. The van der Waals surface area contributed by atoms with E-state index in [4.69, 9.17) is 25.9 Å². The Labute approximate surface area is 253 Å². The van der Waals surface area contributed by atoms with E-state index in [0.29, 0.717) is 22.3 Å². The summed E-state index contributed by atoms with van der Waals surface area (Å²) >= 11 is 0. The largest absolute Gasteiger partial charge is 0.741 e. The number of nitrogens with one attached hydrogen (secondary N) is 3. The number of carbonyl (C=O) groups is 2. The molecule has 13 nitrogen and oxygen atoms in total. The van der Waals surface area contributed by atoms with Gasteiger partial charge in [-0.1, -0.05) is 24.3 Å². The molecule has 0 atom stereocenters. The lowest BCUT2D eigenvalue weighted by Crippen LogP contribution is -2.88. The number of alkyl halides is 6. The highest BCUT2D eigenvalue weighted by Gasteiger charge is 2.37. The van der Waals surface area contributed by atoms with Gasteiger partial charge in [0.2, 0.25) is 0 Å². The van der Waals surface area contributed by atoms with Crippen molar-refractivity contribution in [1.82, 2.24) is 5.32 Å². The second-order valence-corrected chi connectivity index (χ2v) is 12.0. The Hall–Kier alpha value is -3.34. The van der Waals surface area contributed by atoms with Crippen molar-refractivity contribution in [2.24, 2.45) is 0 Å². The van der Waals surface area contributed by atoms with E-state index in [9.17, 15) is 35.9 Å². The molecule has 2 aromatic carbocycles. The number of benzene rings is 2. The number of hydrogen-bond acceptors (Lipinski definition) is 11. The average molecular weight is 694 g/mol. The highest BCUT2D eigenvalue weighted by molar-refractivity contribution is 7.86. The maximum atomic E-state index is 13.5. The van der Waals surface area contributed by atoms with Crippen molar-refractivity contribution in [1.29, 1.82) is 0 Å². The van der Waals surface area contributed by atoms with Crippen molar-refractivity contribution in [3.05, 3.63) is 58.7 Å². The van der Waals surface area contributed by atoms with Crippen LogP contribution in [0, 0.1) is 0 Å². The van der Waals surface area contributed by atoms with E-state index in [1.165, 1.54) is 0 Å². The van der Waals surface area contributed by atoms with Crippen LogP contribution in [0.3, 0.4) is 0 Å². The Balaban J connectivity index is 0.000000365. The topological polar surface area (TPSA) is 218 Å². The third kappa shape index (κ3) is 10.9. The fraction of sp³-hybridized carbons (Fsp3) is 0.417. The fourth-order valence-corrected chi connectivity index (χ4v) is 3.98. The summed E-state index contributed by atoms with van der Waals surface area (Å²) in [4.78, 5) is 26.6. The van der Waals surface area contributed by atoms with Gasteiger partial charge in [0, 0.05) is 35.6 Å². The van der Waals surface area contributed by atoms with Gasteiger partial charge in [0.15, 0.2) is 31.8 Å². The normalized spacial score (nSPS) is 16.7. The Morgan fingerprint density at radius 1 is 0.600 bits per heavy atom. The fourth-order valence-electron chi connectivity index (χ4n) is 3.98. The Bertz CT molecular complexity index is 1460. The molecule has 4 rings (SSSR count). The first-order chi connectivity index (χ1) is 20.8. The highest BCUT2D eigenvalue weighted by Crippen LogP contribution is 2.35. The monoisotopic (exact) mass is 693 g/mol. The molecule has 1 aliphatic carbocycles. The molecule has 0 radical (unpaired) electrons. The molecule has 0 amide bonds. The number of ketones is 2. The summed E-state index contributed by atoms with van der Waals surface area (Å²) in [6.07, 6.45) is 0. The third-order valence-corrected chi connectivity index (χ3v) is 7.15. The van der Waals surface area contributed by atoms with Gasteiger partial charge in [0.25, 0.3) is 0 Å². The molecule has 0 unspecified atom stereocenters. The van der Waals surface area contributed by atoms with Crippen LogP contribution in [-0.2, 0) is 20.2 Å². The average Bonchev–Trinajstić information content (AvgIpc) is 2.92. The molecule has 0 fully saturated rings. The number of hydrogen-bond donors (Lipinski definition) is 5. The van der Waals surface area contributed by atoms with Crippen LogP contribution in [0.5, 0.6) is 0 Å². The van der Waals surface area contributed by atoms with Gasteiger partial charge in [-0.2, -0.15) is 26.3 Å². The van der Waals surface area contributed by atoms with Gasteiger partial charge in [0.1, 0.15) is 0 Å². The minimum atomic E-state index is -6.09. The second kappa shape index (κ2) is 15.8. The first-order valence-electron chi connectivity index (χ1n) is 13.0. The zero-order valence-electron chi connectivity index (χ0n) is 23.1. The zero-order valence-corrected chi connectivity index (χ0v) is 24.8. The van der Waals surface area contributed by atoms with Gasteiger partial charge in [-0.3, -0.25) is 9.59 Å². The zero-order chi connectivity index (χ0) is 34.1. The number of halogens is 6. The maximum absolute atomic E-state index is 13.5. The van der Waals surface area contributed by atoms with Crippen molar-refractivity contribution in [3.8, 4) is 0 Å². The van der Waals surface area contributed by atoms with Crippen LogP contribution in [0.1, 0.15) is 31.8 Å². The van der Waals surface area contributed by atoms with Crippen molar-refractivity contribution in [2.45, 2.75) is 11.0 Å². The molecule has 45 heavy (non-hydrogen) atoms. The summed E-state index contributed by atoms with van der Waals surface area (Å²) < 4.78 is 118. The van der Waals surface area contributed by atoms with Crippen LogP contribution >= 0.6 is 0 Å². The van der Waals surface area contributed by atoms with Crippen LogP contribution in [0.2, 0.25) is 0 Å². The van der Waals surface area contributed by atoms with Crippen molar-refractivity contribution in [3.63, 3.8) is 0 Å². The Kier molecular flexibility index (Phi) is 13.3. The summed E-state index contributed by atoms with van der Waals surface area (Å²) in [5.41, 5.74) is -7.85. The van der Waals surface area contributed by atoms with Gasteiger partial charge < -0.3 is 35.7 Å². The van der Waals surface area contributed by atoms with Gasteiger partial charge >= 0.3 is 11.0 Å². The molecule has 252 valence electrons. The van der Waals surface area contributed by atoms with Crippen molar-refractivity contribution >= 4 is 43.2 Å². The lowest BCUT2D eigenvalue weighted by atomic mass is 9.82. The number of quaternary nitrogens is 2.